The Balaban J connectivity index is 1.30. The smallest absolute Gasteiger partial charge is 0.255 e. The van der Waals surface area contributed by atoms with E-state index in [0.29, 0.717) is 28.6 Å². The molecule has 0 atom stereocenters. The molecule has 0 aliphatic rings. The summed E-state index contributed by atoms with van der Waals surface area (Å²) in [5.41, 5.74) is 3.33. The maximum Gasteiger partial charge on any atom is 0.255 e. The van der Waals surface area contributed by atoms with Crippen LogP contribution in [0.5, 0.6) is 0 Å². The average molecular weight is 444 g/mol. The first-order chi connectivity index (χ1) is 15.7. The number of para-hydroxylation sites is 2. The van der Waals surface area contributed by atoms with Gasteiger partial charge in [0.15, 0.2) is 0 Å². The fourth-order valence-electron chi connectivity index (χ4n) is 3.01. The van der Waals surface area contributed by atoms with Crippen molar-refractivity contribution in [1.29, 1.82) is 0 Å². The minimum absolute atomic E-state index is 0.164. The van der Waals surface area contributed by atoms with Gasteiger partial charge in [0.25, 0.3) is 5.91 Å². The van der Waals surface area contributed by atoms with Gasteiger partial charge < -0.3 is 15.1 Å². The van der Waals surface area contributed by atoms with Gasteiger partial charge >= 0.3 is 0 Å². The standard InChI is InChI=1S/C25H21N3O3S/c29-23(17-32-16-20-15-31-25(26-20)19-11-5-2-6-12-19)27-21-13-7-8-14-22(21)28-24(30)18-9-3-1-4-10-18/h1-15H,16-17H2,(H,27,29)(H,28,30). The fourth-order valence-corrected chi connectivity index (χ4v) is 3.71. The third kappa shape index (κ3) is 5.65. The normalized spacial score (nSPS) is 10.5. The van der Waals surface area contributed by atoms with Crippen LogP contribution >= 0.6 is 11.8 Å². The molecule has 4 aromatic rings. The highest BCUT2D eigenvalue weighted by Crippen LogP contribution is 2.23. The lowest BCUT2D eigenvalue weighted by atomic mass is 10.2. The lowest BCUT2D eigenvalue weighted by molar-refractivity contribution is -0.113. The third-order valence-electron chi connectivity index (χ3n) is 4.54. The molecule has 6 nitrogen and oxygen atoms in total. The van der Waals surface area contributed by atoms with Gasteiger partial charge in [-0.1, -0.05) is 48.5 Å². The van der Waals surface area contributed by atoms with Crippen LogP contribution in [0.3, 0.4) is 0 Å². The molecule has 0 spiro atoms. The number of rotatable bonds is 8. The molecule has 0 fully saturated rings. The Morgan fingerprint density at radius 1 is 0.812 bits per heavy atom. The summed E-state index contributed by atoms with van der Waals surface area (Å²) in [5.74, 6) is 0.962. The van der Waals surface area contributed by atoms with Crippen LogP contribution in [0.2, 0.25) is 0 Å². The van der Waals surface area contributed by atoms with Crippen LogP contribution < -0.4 is 10.6 Å². The number of aromatic nitrogens is 1. The minimum Gasteiger partial charge on any atom is -0.444 e. The molecule has 1 aromatic heterocycles. The molecule has 0 unspecified atom stereocenters. The van der Waals surface area contributed by atoms with E-state index in [9.17, 15) is 9.59 Å². The topological polar surface area (TPSA) is 84.2 Å². The maximum absolute atomic E-state index is 12.4. The third-order valence-corrected chi connectivity index (χ3v) is 5.51. The van der Waals surface area contributed by atoms with Crippen molar-refractivity contribution in [3.8, 4) is 11.5 Å². The lowest BCUT2D eigenvalue weighted by Crippen LogP contribution is -2.18. The Morgan fingerprint density at radius 2 is 1.44 bits per heavy atom. The summed E-state index contributed by atoms with van der Waals surface area (Å²) >= 11 is 1.44. The van der Waals surface area contributed by atoms with E-state index in [1.165, 1.54) is 11.8 Å². The fraction of sp³-hybridized carbons (Fsp3) is 0.0800. The summed E-state index contributed by atoms with van der Waals surface area (Å²) in [6, 6.07) is 25.7. The van der Waals surface area contributed by atoms with Gasteiger partial charge in [0.2, 0.25) is 11.8 Å². The number of hydrogen-bond donors (Lipinski definition) is 2. The molecule has 0 saturated heterocycles. The van der Waals surface area contributed by atoms with E-state index in [1.807, 2.05) is 36.4 Å². The summed E-state index contributed by atoms with van der Waals surface area (Å²) in [5, 5.41) is 5.72. The molecule has 3 aromatic carbocycles. The number of amides is 2. The molecule has 160 valence electrons. The highest BCUT2D eigenvalue weighted by Gasteiger charge is 2.12. The number of anilines is 2. The molecule has 0 saturated carbocycles. The quantitative estimate of drug-likeness (QED) is 0.377. The van der Waals surface area contributed by atoms with E-state index in [2.05, 4.69) is 15.6 Å². The molecule has 0 aliphatic carbocycles. The summed E-state index contributed by atoms with van der Waals surface area (Å²) in [4.78, 5) is 29.4. The number of carbonyl (C=O) groups is 2. The highest BCUT2D eigenvalue weighted by atomic mass is 32.2. The monoisotopic (exact) mass is 443 g/mol. The van der Waals surface area contributed by atoms with Crippen LogP contribution in [-0.2, 0) is 10.5 Å². The van der Waals surface area contributed by atoms with Crippen LogP contribution in [0.25, 0.3) is 11.5 Å². The number of nitrogens with one attached hydrogen (secondary N) is 2. The molecule has 32 heavy (non-hydrogen) atoms. The van der Waals surface area contributed by atoms with E-state index in [0.717, 1.165) is 11.3 Å². The summed E-state index contributed by atoms with van der Waals surface area (Å²) in [7, 11) is 0. The predicted octanol–water partition coefficient (Wildman–Crippen LogP) is 5.47. The zero-order chi connectivity index (χ0) is 22.2. The molecule has 7 heteroatoms. The second-order valence-electron chi connectivity index (χ2n) is 6.92. The zero-order valence-electron chi connectivity index (χ0n) is 17.2. The van der Waals surface area contributed by atoms with Crippen molar-refractivity contribution < 1.29 is 14.0 Å². The van der Waals surface area contributed by atoms with Crippen LogP contribution in [0, 0.1) is 0 Å². The summed E-state index contributed by atoms with van der Waals surface area (Å²) < 4.78 is 5.53. The van der Waals surface area contributed by atoms with Gasteiger partial charge in [-0.25, -0.2) is 4.98 Å². The average Bonchev–Trinajstić information content (AvgIpc) is 3.30. The van der Waals surface area contributed by atoms with Crippen molar-refractivity contribution >= 4 is 35.0 Å². The molecule has 0 radical (unpaired) electrons. The van der Waals surface area contributed by atoms with Crippen LogP contribution in [0.1, 0.15) is 16.1 Å². The Morgan fingerprint density at radius 3 is 2.16 bits per heavy atom. The van der Waals surface area contributed by atoms with E-state index < -0.39 is 0 Å². The minimum atomic E-state index is -0.234. The van der Waals surface area contributed by atoms with Crippen molar-refractivity contribution in [2.75, 3.05) is 16.4 Å². The zero-order valence-corrected chi connectivity index (χ0v) is 18.0. The number of carbonyl (C=O) groups excluding carboxylic acids is 2. The van der Waals surface area contributed by atoms with E-state index in [1.54, 1.807) is 54.8 Å². The van der Waals surface area contributed by atoms with Crippen LogP contribution in [-0.4, -0.2) is 22.6 Å². The number of oxazole rings is 1. The number of hydrogen-bond acceptors (Lipinski definition) is 5. The lowest BCUT2D eigenvalue weighted by Gasteiger charge is -2.12. The van der Waals surface area contributed by atoms with Gasteiger partial charge in [0.05, 0.1) is 22.8 Å². The molecule has 1 heterocycles. The SMILES string of the molecule is O=C(CSCc1coc(-c2ccccc2)n1)Nc1ccccc1NC(=O)c1ccccc1. The molecular formula is C25H21N3O3S. The molecule has 4 rings (SSSR count). The van der Waals surface area contributed by atoms with Crippen molar-refractivity contribution in [3.63, 3.8) is 0 Å². The second-order valence-corrected chi connectivity index (χ2v) is 7.90. The Kier molecular flexibility index (Phi) is 6.99. The van der Waals surface area contributed by atoms with Crippen molar-refractivity contribution in [2.45, 2.75) is 5.75 Å². The van der Waals surface area contributed by atoms with Crippen molar-refractivity contribution in [3.05, 3.63) is 102 Å². The Bertz CT molecular complexity index is 1190. The molecular weight excluding hydrogens is 422 g/mol. The van der Waals surface area contributed by atoms with Crippen LogP contribution in [0.15, 0.2) is 95.6 Å². The highest BCUT2D eigenvalue weighted by molar-refractivity contribution is 7.99. The first-order valence-electron chi connectivity index (χ1n) is 10.0. The van der Waals surface area contributed by atoms with E-state index >= 15 is 0 Å². The van der Waals surface area contributed by atoms with Gasteiger partial charge in [-0.2, -0.15) is 0 Å². The second kappa shape index (κ2) is 10.5. The largest absolute Gasteiger partial charge is 0.444 e. The maximum atomic E-state index is 12.4. The number of nitrogens with zero attached hydrogens (tertiary/aromatic N) is 1. The first-order valence-corrected chi connectivity index (χ1v) is 11.2. The summed E-state index contributed by atoms with van der Waals surface area (Å²) in [6.45, 7) is 0. The number of thioether (sulfide) groups is 1. The van der Waals surface area contributed by atoms with Gasteiger partial charge in [-0.05, 0) is 36.4 Å². The van der Waals surface area contributed by atoms with Crippen molar-refractivity contribution in [2.24, 2.45) is 0 Å². The Hall–Kier alpha value is -3.84. The van der Waals surface area contributed by atoms with E-state index in [-0.39, 0.29) is 17.6 Å². The van der Waals surface area contributed by atoms with Gasteiger partial charge in [0.1, 0.15) is 6.26 Å². The Labute approximate surface area is 190 Å². The molecule has 2 amide bonds. The summed E-state index contributed by atoms with van der Waals surface area (Å²) in [6.07, 6.45) is 1.61. The van der Waals surface area contributed by atoms with E-state index in [4.69, 9.17) is 4.42 Å². The van der Waals surface area contributed by atoms with Gasteiger partial charge in [-0.15, -0.1) is 11.8 Å². The molecule has 0 bridgehead atoms. The van der Waals surface area contributed by atoms with Crippen LogP contribution in [0.4, 0.5) is 11.4 Å². The van der Waals surface area contributed by atoms with Crippen molar-refractivity contribution in [1.82, 2.24) is 4.98 Å². The molecule has 2 N–H and O–H groups in total. The van der Waals surface area contributed by atoms with Gasteiger partial charge in [-0.3, -0.25) is 9.59 Å². The first kappa shape index (κ1) is 21.4. The van der Waals surface area contributed by atoms with Gasteiger partial charge in [0, 0.05) is 16.9 Å². The predicted molar refractivity (Wildman–Crippen MR) is 128 cm³/mol. The number of benzene rings is 3. The molecule has 0 aliphatic heterocycles.